The summed E-state index contributed by atoms with van der Waals surface area (Å²) < 4.78 is 17.5. The van der Waals surface area contributed by atoms with E-state index in [2.05, 4.69) is 52.6 Å². The van der Waals surface area contributed by atoms with Gasteiger partial charge < -0.3 is 3.88 Å². The van der Waals surface area contributed by atoms with Gasteiger partial charge >= 0.3 is 16.2 Å². The molecule has 16 heavy (non-hydrogen) atoms. The molecule has 0 spiro atoms. The predicted octanol–water partition coefficient (Wildman–Crippen LogP) is 2.80. The second-order valence-corrected chi connectivity index (χ2v) is 5.11. The molecule has 0 aliphatic heterocycles. The summed E-state index contributed by atoms with van der Waals surface area (Å²) in [6.07, 6.45) is 3.84. The Morgan fingerprint density at radius 3 is 2.25 bits per heavy atom. The van der Waals surface area contributed by atoms with E-state index in [-0.39, 0.29) is 6.04 Å². The number of nitrogens with zero attached hydrogens (tertiary/aromatic N) is 2. The van der Waals surface area contributed by atoms with Crippen molar-refractivity contribution < 1.29 is 0 Å². The van der Waals surface area contributed by atoms with Crippen molar-refractivity contribution in [1.82, 2.24) is 3.88 Å². The lowest BCUT2D eigenvalue weighted by Gasteiger charge is -2.28. The number of hydrogen-bond acceptors (Lipinski definition) is 2. The third-order valence-corrected chi connectivity index (χ3v) is 3.30. The molecule has 0 aromatic carbocycles. The predicted molar refractivity (Wildman–Crippen MR) is 76.8 cm³/mol. The highest BCUT2D eigenvalue weighted by Crippen LogP contribution is 2.11. The van der Waals surface area contributed by atoms with Crippen molar-refractivity contribution >= 4 is 21.9 Å². The van der Waals surface area contributed by atoms with E-state index in [1.807, 2.05) is 3.88 Å². The van der Waals surface area contributed by atoms with Crippen molar-refractivity contribution in [2.45, 2.75) is 66.5 Å². The topological polar surface area (TPSA) is 15.6 Å². The molecule has 0 heterocycles. The van der Waals surface area contributed by atoms with Crippen molar-refractivity contribution in [2.75, 3.05) is 0 Å². The lowest BCUT2D eigenvalue weighted by atomic mass is 10.2. The molecular formula is C13H27AlN2. The Kier molecular flexibility index (Phi) is 6.05. The highest BCUT2D eigenvalue weighted by atomic mass is 27.1. The summed E-state index contributed by atoms with van der Waals surface area (Å²) in [5, 5.41) is 0. The summed E-state index contributed by atoms with van der Waals surface area (Å²) in [7, 11) is 0. The van der Waals surface area contributed by atoms with Gasteiger partial charge in [-0.1, -0.05) is 13.8 Å². The third-order valence-electron chi connectivity index (χ3n) is 2.37. The maximum absolute atomic E-state index is 7.79. The van der Waals surface area contributed by atoms with Crippen LogP contribution in [0.2, 0.25) is 0 Å². The van der Waals surface area contributed by atoms with Gasteiger partial charge in [0.1, 0.15) is 0 Å². The molecule has 0 saturated heterocycles. The van der Waals surface area contributed by atoms with Gasteiger partial charge in [0.15, 0.2) is 0 Å². The van der Waals surface area contributed by atoms with Crippen molar-refractivity contribution in [3.63, 3.8) is 0 Å². The molecule has 0 aromatic heterocycles. The lowest BCUT2D eigenvalue weighted by Crippen LogP contribution is -2.27. The summed E-state index contributed by atoms with van der Waals surface area (Å²) in [6.45, 7) is 12.4. The fourth-order valence-electron chi connectivity index (χ4n) is 1.45. The lowest BCUT2D eigenvalue weighted by molar-refractivity contribution is 0.446. The van der Waals surface area contributed by atoms with E-state index in [9.17, 15) is 0 Å². The van der Waals surface area contributed by atoms with Gasteiger partial charge in [-0.25, -0.2) is 0 Å². The van der Waals surface area contributed by atoms with Gasteiger partial charge in [-0.2, -0.15) is 0 Å². The Balaban J connectivity index is 5.26. The first-order valence-corrected chi connectivity index (χ1v) is 6.75. The first kappa shape index (κ1) is 12.2. The minimum absolute atomic E-state index is 0.222. The molecule has 3 heteroatoms. The Morgan fingerprint density at radius 1 is 1.31 bits per heavy atom. The van der Waals surface area contributed by atoms with E-state index in [1.54, 1.807) is 0 Å². The van der Waals surface area contributed by atoms with Crippen LogP contribution >= 0.6 is 0 Å². The van der Waals surface area contributed by atoms with Crippen LogP contribution < -0.4 is 0 Å². The monoisotopic (exact) mass is 240 g/mol. The molecule has 0 saturated carbocycles. The second-order valence-electron chi connectivity index (χ2n) is 4.56. The molecule has 0 atom stereocenters. The number of hydrogen-bond donors (Lipinski definition) is 0. The fourth-order valence-corrected chi connectivity index (χ4v) is 1.70. The summed E-state index contributed by atoms with van der Waals surface area (Å²) in [5.41, 5.74) is 2.16. The first-order chi connectivity index (χ1) is 8.33. The van der Waals surface area contributed by atoms with Crippen LogP contribution in [0, 0.1) is 0 Å². The molecule has 92 valence electrons. The SMILES string of the molecule is [2H][Al]([2H])[N](/C(=C\C(CC)=NC(C)C)CC)C(C)C. The Hall–Kier alpha value is -0.258. The smallest absolute Gasteiger partial charge is 0.363 e. The maximum atomic E-state index is 7.79. The summed E-state index contributed by atoms with van der Waals surface area (Å²) in [6, 6.07) is 0.516. The normalized spacial score (nSPS) is 15.2. The number of allylic oxidation sites excluding steroid dienone is 2. The van der Waals surface area contributed by atoms with E-state index in [0.29, 0.717) is 6.04 Å². The Morgan fingerprint density at radius 2 is 1.94 bits per heavy atom. The van der Waals surface area contributed by atoms with Crippen molar-refractivity contribution in [3.8, 4) is 0 Å². The quantitative estimate of drug-likeness (QED) is 0.493. The van der Waals surface area contributed by atoms with Crippen LogP contribution in [0.15, 0.2) is 16.8 Å². The highest BCUT2D eigenvalue weighted by molar-refractivity contribution is 6.06. The molecule has 0 amide bonds. The van der Waals surface area contributed by atoms with Crippen LogP contribution in [0.3, 0.4) is 0 Å². The van der Waals surface area contributed by atoms with Gasteiger partial charge in [-0.15, -0.1) is 0 Å². The first-order valence-electron chi connectivity index (χ1n) is 7.38. The largest absolute Gasteiger partial charge is 0.470 e. The van der Waals surface area contributed by atoms with Crippen molar-refractivity contribution in [1.29, 1.82) is 1.88 Å². The molecule has 0 aromatic rings. The van der Waals surface area contributed by atoms with Crippen LogP contribution in [-0.4, -0.2) is 39.8 Å². The van der Waals surface area contributed by atoms with E-state index in [4.69, 9.17) is 1.88 Å². The summed E-state index contributed by atoms with van der Waals surface area (Å²) >= 11 is -2.31. The van der Waals surface area contributed by atoms with Gasteiger partial charge in [-0.3, -0.25) is 4.99 Å². The fraction of sp³-hybridized carbons (Fsp3) is 0.769. The molecule has 0 aliphatic rings. The van der Waals surface area contributed by atoms with Crippen LogP contribution in [0.25, 0.3) is 0 Å². The molecule has 0 rings (SSSR count). The van der Waals surface area contributed by atoms with Gasteiger partial charge in [0.2, 0.25) is 0 Å². The Labute approximate surface area is 111 Å². The van der Waals surface area contributed by atoms with Crippen LogP contribution in [-0.2, 0) is 0 Å². The van der Waals surface area contributed by atoms with Gasteiger partial charge in [-0.05, 0) is 60.2 Å². The molecule has 0 radical (unpaired) electrons. The molecule has 2 nitrogen and oxygen atoms in total. The van der Waals surface area contributed by atoms with Crippen molar-refractivity contribution in [3.05, 3.63) is 11.8 Å². The van der Waals surface area contributed by atoms with Crippen LogP contribution in [0.4, 0.5) is 0 Å². The number of rotatable bonds is 7. The van der Waals surface area contributed by atoms with Crippen LogP contribution in [0.1, 0.15) is 54.4 Å². The highest BCUT2D eigenvalue weighted by Gasteiger charge is 2.06. The van der Waals surface area contributed by atoms with E-state index < -0.39 is 16.2 Å². The van der Waals surface area contributed by atoms with E-state index in [0.717, 1.165) is 24.3 Å². The zero-order valence-corrected chi connectivity index (χ0v) is 12.8. The summed E-state index contributed by atoms with van der Waals surface area (Å²) in [5.74, 6) is 0. The van der Waals surface area contributed by atoms with Gasteiger partial charge in [0, 0.05) is 11.8 Å². The average Bonchev–Trinajstić information content (AvgIpc) is 2.24. The Bertz CT molecular complexity index is 291. The minimum Gasteiger partial charge on any atom is -0.470 e. The van der Waals surface area contributed by atoms with E-state index >= 15 is 0 Å². The van der Waals surface area contributed by atoms with Crippen LogP contribution in [0.5, 0.6) is 0 Å². The third kappa shape index (κ3) is 5.72. The summed E-state index contributed by atoms with van der Waals surface area (Å²) in [4.78, 5) is 4.59. The standard InChI is InChI=1S/C13H25N2.Al.2H/c1-7-12(14-10(3)4)9-13(8-2)15-11(5)6;;;/h9-11H,7-8H2,1-6H3;;;/q-1;+1;;/b12-9-,15-13?;;;/i;;2*1+1. The van der Waals surface area contributed by atoms with Crippen molar-refractivity contribution in [2.24, 2.45) is 4.99 Å². The molecule has 0 unspecified atom stereocenters. The minimum atomic E-state index is -2.31. The molecule has 0 fully saturated rings. The molecule has 0 bridgehead atoms. The second kappa shape index (κ2) is 7.93. The van der Waals surface area contributed by atoms with Gasteiger partial charge in [0.25, 0.3) is 0 Å². The van der Waals surface area contributed by atoms with E-state index in [1.165, 1.54) is 0 Å². The zero-order chi connectivity index (χ0) is 14.3. The molecular weight excluding hydrogens is 211 g/mol. The molecule has 0 N–H and O–H groups in total. The molecule has 0 aliphatic carbocycles. The number of aliphatic imine (C=N–C) groups is 1. The zero-order valence-electron chi connectivity index (χ0n) is 13.6. The van der Waals surface area contributed by atoms with Gasteiger partial charge in [0.05, 0.1) is 0 Å². The maximum Gasteiger partial charge on any atom is 0.363 e. The average molecular weight is 240 g/mol.